The lowest BCUT2D eigenvalue weighted by molar-refractivity contribution is -0.0704. The third-order valence-corrected chi connectivity index (χ3v) is 6.11. The molecule has 6 nitrogen and oxygen atoms in total. The fraction of sp³-hybridized carbons (Fsp3) is 0.545. The first-order chi connectivity index (χ1) is 14.1. The summed E-state index contributed by atoms with van der Waals surface area (Å²) in [5, 5.41) is 7.80. The van der Waals surface area contributed by atoms with Crippen molar-refractivity contribution in [3.05, 3.63) is 51.5 Å². The predicted octanol–water partition coefficient (Wildman–Crippen LogP) is 3.18. The number of thiazole rings is 1. The highest BCUT2D eigenvalue weighted by molar-refractivity contribution is 7.11. The Hall–Kier alpha value is -1.96. The number of aryl methyl sites for hydroxylation is 1. The number of nitrogens with zero attached hydrogens (tertiary/aromatic N) is 3. The van der Waals surface area contributed by atoms with Gasteiger partial charge in [0.1, 0.15) is 5.01 Å². The SMILES string of the molecule is CCc1cnc(CNC(=NC)NCc2ccc(CN3CC(C)OC(C)C3)cc2)s1. The third-order valence-electron chi connectivity index (χ3n) is 4.96. The van der Waals surface area contributed by atoms with Crippen molar-refractivity contribution in [2.75, 3.05) is 20.1 Å². The number of ether oxygens (including phenoxy) is 1. The van der Waals surface area contributed by atoms with Gasteiger partial charge in [-0.25, -0.2) is 4.98 Å². The zero-order valence-electron chi connectivity index (χ0n) is 17.9. The van der Waals surface area contributed by atoms with Crippen LogP contribution in [-0.2, 0) is 30.8 Å². The lowest BCUT2D eigenvalue weighted by Crippen LogP contribution is -2.44. The summed E-state index contributed by atoms with van der Waals surface area (Å²) in [6.45, 7) is 10.8. The van der Waals surface area contributed by atoms with Crippen LogP contribution in [0, 0.1) is 0 Å². The van der Waals surface area contributed by atoms with Crippen LogP contribution in [0.15, 0.2) is 35.5 Å². The van der Waals surface area contributed by atoms with E-state index < -0.39 is 0 Å². The van der Waals surface area contributed by atoms with Crippen LogP contribution >= 0.6 is 11.3 Å². The Morgan fingerprint density at radius 3 is 2.41 bits per heavy atom. The lowest BCUT2D eigenvalue weighted by Gasteiger charge is -2.35. The van der Waals surface area contributed by atoms with Gasteiger partial charge in [-0.3, -0.25) is 9.89 Å². The van der Waals surface area contributed by atoms with Crippen molar-refractivity contribution >= 4 is 17.3 Å². The van der Waals surface area contributed by atoms with Gasteiger partial charge in [0.15, 0.2) is 5.96 Å². The molecule has 2 N–H and O–H groups in total. The molecular weight excluding hydrogens is 382 g/mol. The average Bonchev–Trinajstić information content (AvgIpc) is 3.17. The van der Waals surface area contributed by atoms with Crippen LogP contribution in [0.2, 0.25) is 0 Å². The number of nitrogens with one attached hydrogen (secondary N) is 2. The van der Waals surface area contributed by atoms with Crippen LogP contribution in [0.1, 0.15) is 41.8 Å². The summed E-state index contributed by atoms with van der Waals surface area (Å²) in [5.41, 5.74) is 2.58. The normalized spacial score (nSPS) is 20.6. The predicted molar refractivity (Wildman–Crippen MR) is 120 cm³/mol. The molecule has 0 amide bonds. The molecule has 1 fully saturated rings. The molecule has 2 atom stereocenters. The van der Waals surface area contributed by atoms with Crippen LogP contribution in [0.25, 0.3) is 0 Å². The number of rotatable bonds is 7. The monoisotopic (exact) mass is 415 g/mol. The fourth-order valence-corrected chi connectivity index (χ4v) is 4.40. The highest BCUT2D eigenvalue weighted by Crippen LogP contribution is 2.15. The first kappa shape index (κ1) is 21.7. The molecule has 0 saturated carbocycles. The Kier molecular flexibility index (Phi) is 8.03. The van der Waals surface area contributed by atoms with E-state index in [1.165, 1.54) is 16.0 Å². The van der Waals surface area contributed by atoms with E-state index in [1.54, 1.807) is 18.4 Å². The first-order valence-electron chi connectivity index (χ1n) is 10.4. The van der Waals surface area contributed by atoms with Crippen LogP contribution in [0.4, 0.5) is 0 Å². The smallest absolute Gasteiger partial charge is 0.191 e. The van der Waals surface area contributed by atoms with Gasteiger partial charge in [-0.05, 0) is 31.4 Å². The van der Waals surface area contributed by atoms with E-state index in [0.717, 1.165) is 43.6 Å². The summed E-state index contributed by atoms with van der Waals surface area (Å²) < 4.78 is 5.82. The molecule has 1 aromatic carbocycles. The molecule has 2 unspecified atom stereocenters. The second kappa shape index (κ2) is 10.7. The molecule has 158 valence electrons. The largest absolute Gasteiger partial charge is 0.373 e. The van der Waals surface area contributed by atoms with E-state index in [4.69, 9.17) is 4.74 Å². The van der Waals surface area contributed by atoms with E-state index in [-0.39, 0.29) is 0 Å². The topological polar surface area (TPSA) is 61.8 Å². The van der Waals surface area contributed by atoms with Gasteiger partial charge in [0.25, 0.3) is 0 Å². The van der Waals surface area contributed by atoms with Gasteiger partial charge in [0, 0.05) is 44.3 Å². The van der Waals surface area contributed by atoms with Gasteiger partial charge in [0.2, 0.25) is 0 Å². The number of morpholine rings is 1. The summed E-state index contributed by atoms with van der Waals surface area (Å²) in [4.78, 5) is 12.5. The van der Waals surface area contributed by atoms with E-state index in [0.29, 0.717) is 18.8 Å². The summed E-state index contributed by atoms with van der Waals surface area (Å²) in [6, 6.07) is 8.83. The minimum atomic E-state index is 0.305. The number of benzene rings is 1. The molecule has 0 bridgehead atoms. The molecule has 2 aromatic rings. The lowest BCUT2D eigenvalue weighted by atomic mass is 10.1. The van der Waals surface area contributed by atoms with Crippen LogP contribution in [-0.4, -0.2) is 48.2 Å². The molecular formula is C22H33N5OS. The summed E-state index contributed by atoms with van der Waals surface area (Å²) in [5.74, 6) is 0.790. The Morgan fingerprint density at radius 2 is 1.79 bits per heavy atom. The molecule has 0 aliphatic carbocycles. The third kappa shape index (κ3) is 6.80. The number of aromatic nitrogens is 1. The van der Waals surface area contributed by atoms with Gasteiger partial charge in [-0.2, -0.15) is 0 Å². The van der Waals surface area contributed by atoms with Crippen LogP contribution < -0.4 is 10.6 Å². The Bertz CT molecular complexity index is 779. The van der Waals surface area contributed by atoms with Crippen LogP contribution in [0.5, 0.6) is 0 Å². The van der Waals surface area contributed by atoms with E-state index >= 15 is 0 Å². The minimum Gasteiger partial charge on any atom is -0.373 e. The Labute approximate surface area is 178 Å². The maximum Gasteiger partial charge on any atom is 0.191 e. The average molecular weight is 416 g/mol. The second-order valence-corrected chi connectivity index (χ2v) is 8.82. The summed E-state index contributed by atoms with van der Waals surface area (Å²) >= 11 is 1.75. The molecule has 7 heteroatoms. The fourth-order valence-electron chi connectivity index (χ4n) is 3.59. The molecule has 3 rings (SSSR count). The standard InChI is InChI=1S/C22H33N5OS/c1-5-20-11-24-21(29-20)12-26-22(23-4)25-10-18-6-8-19(9-7-18)15-27-13-16(2)28-17(3)14-27/h6-9,11,16-17H,5,10,12-15H2,1-4H3,(H2,23,25,26). The Morgan fingerprint density at radius 1 is 1.14 bits per heavy atom. The molecule has 2 heterocycles. The minimum absolute atomic E-state index is 0.305. The van der Waals surface area contributed by atoms with Crippen LogP contribution in [0.3, 0.4) is 0 Å². The molecule has 1 aliphatic heterocycles. The highest BCUT2D eigenvalue weighted by atomic mass is 32.1. The number of hydrogen-bond acceptors (Lipinski definition) is 5. The van der Waals surface area contributed by atoms with E-state index in [1.807, 2.05) is 6.20 Å². The zero-order valence-corrected chi connectivity index (χ0v) is 18.8. The number of aliphatic imine (C=N–C) groups is 1. The summed E-state index contributed by atoms with van der Waals surface area (Å²) in [6.07, 6.45) is 3.60. The van der Waals surface area contributed by atoms with Gasteiger partial charge in [-0.15, -0.1) is 11.3 Å². The van der Waals surface area contributed by atoms with Crippen molar-refractivity contribution < 1.29 is 4.74 Å². The quantitative estimate of drug-likeness (QED) is 0.537. The number of hydrogen-bond donors (Lipinski definition) is 2. The Balaban J connectivity index is 1.44. The van der Waals surface area contributed by atoms with Gasteiger partial charge >= 0.3 is 0 Å². The number of guanidine groups is 1. The van der Waals surface area contributed by atoms with Crippen molar-refractivity contribution in [3.8, 4) is 0 Å². The second-order valence-electron chi connectivity index (χ2n) is 7.62. The molecule has 0 spiro atoms. The van der Waals surface area contributed by atoms with E-state index in [2.05, 4.69) is 70.5 Å². The zero-order chi connectivity index (χ0) is 20.6. The molecule has 29 heavy (non-hydrogen) atoms. The first-order valence-corrected chi connectivity index (χ1v) is 11.2. The van der Waals surface area contributed by atoms with Crippen molar-refractivity contribution in [1.29, 1.82) is 0 Å². The van der Waals surface area contributed by atoms with Gasteiger partial charge in [-0.1, -0.05) is 31.2 Å². The van der Waals surface area contributed by atoms with E-state index in [9.17, 15) is 0 Å². The van der Waals surface area contributed by atoms with Crippen molar-refractivity contribution in [1.82, 2.24) is 20.5 Å². The molecule has 1 aromatic heterocycles. The highest BCUT2D eigenvalue weighted by Gasteiger charge is 2.21. The summed E-state index contributed by atoms with van der Waals surface area (Å²) in [7, 11) is 1.79. The molecule has 1 aliphatic rings. The van der Waals surface area contributed by atoms with Crippen molar-refractivity contribution in [2.24, 2.45) is 4.99 Å². The maximum atomic E-state index is 5.82. The maximum absolute atomic E-state index is 5.82. The van der Waals surface area contributed by atoms with Crippen molar-refractivity contribution in [3.63, 3.8) is 0 Å². The van der Waals surface area contributed by atoms with Crippen molar-refractivity contribution in [2.45, 2.75) is 59.0 Å². The van der Waals surface area contributed by atoms with Gasteiger partial charge < -0.3 is 15.4 Å². The molecule has 1 saturated heterocycles. The molecule has 0 radical (unpaired) electrons. The van der Waals surface area contributed by atoms with Gasteiger partial charge in [0.05, 0.1) is 18.8 Å².